The van der Waals surface area contributed by atoms with Crippen LogP contribution in [0, 0.1) is 6.92 Å². The van der Waals surface area contributed by atoms with Crippen molar-refractivity contribution in [3.63, 3.8) is 0 Å². The van der Waals surface area contributed by atoms with Crippen LogP contribution in [-0.2, 0) is 0 Å². The lowest BCUT2D eigenvalue weighted by Crippen LogP contribution is -2.50. The minimum absolute atomic E-state index is 0.207. The lowest BCUT2D eigenvalue weighted by molar-refractivity contribution is -0.0333. The molecule has 0 amide bonds. The van der Waals surface area contributed by atoms with Gasteiger partial charge in [0.2, 0.25) is 0 Å². The van der Waals surface area contributed by atoms with Crippen molar-refractivity contribution in [2.75, 3.05) is 19.8 Å². The summed E-state index contributed by atoms with van der Waals surface area (Å²) in [4.78, 5) is 6.35. The number of aliphatic hydroxyl groups is 1. The summed E-state index contributed by atoms with van der Waals surface area (Å²) < 4.78 is 0. The fraction of sp³-hybridized carbons (Fsp3) is 0.667. The van der Waals surface area contributed by atoms with Gasteiger partial charge in [0.05, 0.1) is 5.54 Å². The number of aliphatic hydroxyl groups excluding tert-OH is 1. The molecule has 0 saturated heterocycles. The lowest BCUT2D eigenvalue weighted by atomic mass is 9.74. The van der Waals surface area contributed by atoms with Crippen molar-refractivity contribution in [1.29, 1.82) is 0 Å². The van der Waals surface area contributed by atoms with Gasteiger partial charge in [-0.3, -0.25) is 0 Å². The fourth-order valence-corrected chi connectivity index (χ4v) is 3.24. The normalized spacial score (nSPS) is 20.5. The van der Waals surface area contributed by atoms with Crippen LogP contribution in [0.2, 0.25) is 0 Å². The van der Waals surface area contributed by atoms with Gasteiger partial charge in [0, 0.05) is 11.8 Å². The monoisotopic (exact) mass is 263 g/mol. The molecule has 1 aliphatic carbocycles. The van der Waals surface area contributed by atoms with E-state index in [1.807, 2.05) is 27.1 Å². The van der Waals surface area contributed by atoms with Gasteiger partial charge < -0.3 is 15.7 Å². The van der Waals surface area contributed by atoms with Gasteiger partial charge in [-0.2, -0.15) is 0 Å². The highest BCUT2D eigenvalue weighted by atomic mass is 16.3. The Balaban J connectivity index is 2.39. The molecule has 1 unspecified atom stereocenters. The second-order valence-corrected chi connectivity index (χ2v) is 5.95. The number of likely N-dealkylation sites (N-methyl/N-ethyl adjacent to an activating group) is 1. The van der Waals surface area contributed by atoms with E-state index in [2.05, 4.69) is 9.88 Å². The third kappa shape index (κ3) is 2.60. The summed E-state index contributed by atoms with van der Waals surface area (Å²) in [6.45, 7) is 1.98. The maximum atomic E-state index is 10.9. The van der Waals surface area contributed by atoms with Crippen LogP contribution in [0.4, 0.5) is 5.82 Å². The van der Waals surface area contributed by atoms with E-state index in [0.29, 0.717) is 5.82 Å². The van der Waals surface area contributed by atoms with E-state index < -0.39 is 6.10 Å². The first-order chi connectivity index (χ1) is 8.97. The molecule has 1 saturated carbocycles. The van der Waals surface area contributed by atoms with Gasteiger partial charge in [-0.15, -0.1) is 0 Å². The summed E-state index contributed by atoms with van der Waals surface area (Å²) >= 11 is 0. The molecular formula is C15H25N3O. The number of hydrogen-bond donors (Lipinski definition) is 2. The molecule has 0 spiro atoms. The molecule has 1 aromatic heterocycles. The van der Waals surface area contributed by atoms with Crippen molar-refractivity contribution >= 4 is 5.82 Å². The number of aromatic nitrogens is 1. The van der Waals surface area contributed by atoms with Crippen LogP contribution >= 0.6 is 0 Å². The smallest absolute Gasteiger partial charge is 0.129 e. The molecule has 1 fully saturated rings. The highest BCUT2D eigenvalue weighted by molar-refractivity contribution is 5.43. The Morgan fingerprint density at radius 1 is 1.32 bits per heavy atom. The summed E-state index contributed by atoms with van der Waals surface area (Å²) in [5, 5.41) is 10.9. The Morgan fingerprint density at radius 3 is 2.53 bits per heavy atom. The lowest BCUT2D eigenvalue weighted by Gasteiger charge is -2.46. The number of aryl methyl sites for hydroxylation is 1. The summed E-state index contributed by atoms with van der Waals surface area (Å²) in [7, 11) is 4.10. The Labute approximate surface area is 115 Å². The quantitative estimate of drug-likeness (QED) is 0.878. The van der Waals surface area contributed by atoms with Crippen molar-refractivity contribution in [2.45, 2.75) is 50.7 Å². The third-order valence-corrected chi connectivity index (χ3v) is 4.50. The van der Waals surface area contributed by atoms with Gasteiger partial charge in [-0.05, 0) is 45.5 Å². The van der Waals surface area contributed by atoms with Crippen LogP contribution in [0.5, 0.6) is 0 Å². The summed E-state index contributed by atoms with van der Waals surface area (Å²) in [5.74, 6) is 0.449. The van der Waals surface area contributed by atoms with E-state index in [-0.39, 0.29) is 5.54 Å². The van der Waals surface area contributed by atoms with Gasteiger partial charge >= 0.3 is 0 Å². The first kappa shape index (κ1) is 14.3. The van der Waals surface area contributed by atoms with Gasteiger partial charge in [0.1, 0.15) is 11.9 Å². The summed E-state index contributed by atoms with van der Waals surface area (Å²) in [6.07, 6.45) is 6.76. The van der Waals surface area contributed by atoms with E-state index in [1.165, 1.54) is 6.42 Å². The topological polar surface area (TPSA) is 62.4 Å². The van der Waals surface area contributed by atoms with Crippen molar-refractivity contribution in [1.82, 2.24) is 9.88 Å². The van der Waals surface area contributed by atoms with Crippen molar-refractivity contribution in [2.24, 2.45) is 0 Å². The molecule has 4 heteroatoms. The Bertz CT molecular complexity index is 439. The zero-order valence-corrected chi connectivity index (χ0v) is 12.2. The average Bonchev–Trinajstić information content (AvgIpc) is 2.41. The summed E-state index contributed by atoms with van der Waals surface area (Å²) in [5.41, 5.74) is 7.57. The molecule has 106 valence electrons. The van der Waals surface area contributed by atoms with Crippen LogP contribution in [0.3, 0.4) is 0 Å². The second kappa shape index (κ2) is 5.47. The number of nitrogen functional groups attached to an aromatic ring is 1. The van der Waals surface area contributed by atoms with E-state index >= 15 is 0 Å². The van der Waals surface area contributed by atoms with E-state index in [9.17, 15) is 5.11 Å². The average molecular weight is 263 g/mol. The SMILES string of the molecule is Cc1cnc(N)c(C(O)C2(N(C)C)CCCCC2)c1. The fourth-order valence-electron chi connectivity index (χ4n) is 3.24. The molecule has 2 rings (SSSR count). The molecular weight excluding hydrogens is 238 g/mol. The molecule has 0 aromatic carbocycles. The van der Waals surface area contributed by atoms with Gasteiger partial charge in [0.15, 0.2) is 0 Å². The van der Waals surface area contributed by atoms with E-state index in [0.717, 1.165) is 36.8 Å². The Hall–Kier alpha value is -1.13. The van der Waals surface area contributed by atoms with Crippen LogP contribution in [0.1, 0.15) is 49.3 Å². The molecule has 1 atom stereocenters. The van der Waals surface area contributed by atoms with Crippen LogP contribution in [-0.4, -0.2) is 34.6 Å². The number of pyridine rings is 1. The number of anilines is 1. The number of hydrogen-bond acceptors (Lipinski definition) is 4. The molecule has 0 aliphatic heterocycles. The van der Waals surface area contributed by atoms with Crippen molar-refractivity contribution in [3.05, 3.63) is 23.4 Å². The highest BCUT2D eigenvalue weighted by Gasteiger charge is 2.42. The summed E-state index contributed by atoms with van der Waals surface area (Å²) in [6, 6.07) is 1.97. The molecule has 1 aliphatic rings. The minimum atomic E-state index is -0.574. The standard InChI is InChI=1S/C15H25N3O/c1-11-9-12(14(16)17-10-11)13(19)15(18(2)3)7-5-4-6-8-15/h9-10,13,19H,4-8H2,1-3H3,(H2,16,17). The first-order valence-electron chi connectivity index (χ1n) is 7.05. The highest BCUT2D eigenvalue weighted by Crippen LogP contribution is 2.43. The largest absolute Gasteiger partial charge is 0.386 e. The van der Waals surface area contributed by atoms with Crippen LogP contribution in [0.25, 0.3) is 0 Å². The number of nitrogens with zero attached hydrogens (tertiary/aromatic N) is 2. The van der Waals surface area contributed by atoms with Gasteiger partial charge in [-0.25, -0.2) is 4.98 Å². The van der Waals surface area contributed by atoms with Crippen molar-refractivity contribution < 1.29 is 5.11 Å². The molecule has 0 bridgehead atoms. The molecule has 19 heavy (non-hydrogen) atoms. The Kier molecular flexibility index (Phi) is 4.11. The zero-order chi connectivity index (χ0) is 14.0. The number of nitrogens with two attached hydrogens (primary N) is 1. The maximum absolute atomic E-state index is 10.9. The Morgan fingerprint density at radius 2 is 1.95 bits per heavy atom. The van der Waals surface area contributed by atoms with Crippen LogP contribution in [0.15, 0.2) is 12.3 Å². The molecule has 4 nitrogen and oxygen atoms in total. The van der Waals surface area contributed by atoms with Gasteiger partial charge in [0.25, 0.3) is 0 Å². The second-order valence-electron chi connectivity index (χ2n) is 5.95. The minimum Gasteiger partial charge on any atom is -0.386 e. The maximum Gasteiger partial charge on any atom is 0.129 e. The molecule has 0 radical (unpaired) electrons. The first-order valence-corrected chi connectivity index (χ1v) is 7.05. The predicted molar refractivity (Wildman–Crippen MR) is 77.8 cm³/mol. The predicted octanol–water partition coefficient (Wildman–Crippen LogP) is 2.27. The third-order valence-electron chi connectivity index (χ3n) is 4.50. The van der Waals surface area contributed by atoms with Crippen molar-refractivity contribution in [3.8, 4) is 0 Å². The molecule has 1 aromatic rings. The zero-order valence-electron chi connectivity index (χ0n) is 12.2. The molecule has 1 heterocycles. The van der Waals surface area contributed by atoms with Gasteiger partial charge in [-0.1, -0.05) is 19.3 Å². The molecule has 3 N–H and O–H groups in total. The van der Waals surface area contributed by atoms with Crippen LogP contribution < -0.4 is 5.73 Å². The number of rotatable bonds is 3. The van der Waals surface area contributed by atoms with E-state index in [1.54, 1.807) is 6.20 Å². The van der Waals surface area contributed by atoms with E-state index in [4.69, 9.17) is 5.73 Å².